The number of aromatic nitrogens is 1. The smallest absolute Gasteiger partial charge is 0.346 e. The second-order valence-corrected chi connectivity index (χ2v) is 8.16. The van der Waals surface area contributed by atoms with Gasteiger partial charge in [-0.25, -0.2) is 4.79 Å². The maximum atomic E-state index is 12.9. The third kappa shape index (κ3) is 6.54. The number of ether oxygens (including phenoxy) is 3. The van der Waals surface area contributed by atoms with Gasteiger partial charge in [-0.15, -0.1) is 12.4 Å². The lowest BCUT2D eigenvalue weighted by Crippen LogP contribution is -2.40. The number of carbonyl (C=O) groups is 1. The fourth-order valence-electron chi connectivity index (χ4n) is 4.02. The number of phenols is 1. The maximum Gasteiger partial charge on any atom is 0.346 e. The lowest BCUT2D eigenvalue weighted by Gasteiger charge is -2.21. The van der Waals surface area contributed by atoms with Crippen molar-refractivity contribution in [3.8, 4) is 45.4 Å². The van der Waals surface area contributed by atoms with E-state index in [9.17, 15) is 9.90 Å². The first-order chi connectivity index (χ1) is 18.5. The molecule has 0 atom stereocenters. The number of rotatable bonds is 10. The molecule has 3 aromatic carbocycles. The van der Waals surface area contributed by atoms with Crippen LogP contribution in [-0.4, -0.2) is 51.3 Å². The first-order valence-electron chi connectivity index (χ1n) is 11.7. The SMILES string of the molecule is COc1cc(-c2oncc2-c2cccc(N(OC)C(=O)NCCc3ccc(O)cc3)c2)cc(OC)c1OC.Cl. The van der Waals surface area contributed by atoms with Crippen LogP contribution in [0.3, 0.4) is 0 Å². The predicted octanol–water partition coefficient (Wildman–Crippen LogP) is 5.48. The second kappa shape index (κ2) is 13.4. The highest BCUT2D eigenvalue weighted by Crippen LogP contribution is 2.43. The molecule has 39 heavy (non-hydrogen) atoms. The van der Waals surface area contributed by atoms with Crippen LogP contribution in [0.2, 0.25) is 0 Å². The molecule has 0 fully saturated rings. The van der Waals surface area contributed by atoms with Crippen molar-refractivity contribution in [1.82, 2.24) is 10.5 Å². The number of nitrogens with one attached hydrogen (secondary N) is 1. The number of methoxy groups -OCH3 is 3. The summed E-state index contributed by atoms with van der Waals surface area (Å²) in [5, 5.41) is 17.5. The summed E-state index contributed by atoms with van der Waals surface area (Å²) in [4.78, 5) is 18.3. The van der Waals surface area contributed by atoms with Gasteiger partial charge < -0.3 is 29.2 Å². The molecule has 0 saturated heterocycles. The van der Waals surface area contributed by atoms with Crippen LogP contribution >= 0.6 is 12.4 Å². The number of nitrogens with zero attached hydrogens (tertiary/aromatic N) is 2. The molecule has 10 nitrogen and oxygen atoms in total. The Morgan fingerprint density at radius 3 is 2.26 bits per heavy atom. The normalized spacial score (nSPS) is 10.4. The summed E-state index contributed by atoms with van der Waals surface area (Å²) in [7, 11) is 6.05. The topological polar surface area (TPSA) is 116 Å². The highest BCUT2D eigenvalue weighted by Gasteiger charge is 2.21. The standard InChI is InChI=1S/C28H29N3O7.ClH/c1-34-24-15-20(16-25(35-2)27(24)36-3)26-23(17-30-38-26)19-6-5-7-21(14-19)31(37-4)28(33)29-13-12-18-8-10-22(32)11-9-18;/h5-11,14-17,32H,12-13H2,1-4H3,(H,29,33);1H. The lowest BCUT2D eigenvalue weighted by atomic mass is 10.0. The van der Waals surface area contributed by atoms with Crippen molar-refractivity contribution in [1.29, 1.82) is 0 Å². The van der Waals surface area contributed by atoms with E-state index in [1.54, 1.807) is 56.8 Å². The molecule has 1 heterocycles. The highest BCUT2D eigenvalue weighted by atomic mass is 35.5. The quantitative estimate of drug-likeness (QED) is 0.247. The molecule has 0 aliphatic rings. The van der Waals surface area contributed by atoms with Crippen LogP contribution in [0.1, 0.15) is 5.56 Å². The summed E-state index contributed by atoms with van der Waals surface area (Å²) in [6, 6.07) is 17.2. The average molecular weight is 556 g/mol. The van der Waals surface area contributed by atoms with E-state index in [0.29, 0.717) is 52.8 Å². The van der Waals surface area contributed by atoms with Crippen molar-refractivity contribution in [2.45, 2.75) is 6.42 Å². The number of urea groups is 1. The van der Waals surface area contributed by atoms with E-state index in [0.717, 1.165) is 11.1 Å². The first kappa shape index (κ1) is 29.2. The van der Waals surface area contributed by atoms with Gasteiger partial charge in [-0.3, -0.25) is 4.84 Å². The number of hydroxylamine groups is 1. The van der Waals surface area contributed by atoms with Crippen LogP contribution < -0.4 is 24.6 Å². The summed E-state index contributed by atoms with van der Waals surface area (Å²) in [6.07, 6.45) is 2.20. The number of hydrogen-bond donors (Lipinski definition) is 2. The summed E-state index contributed by atoms with van der Waals surface area (Å²) >= 11 is 0. The van der Waals surface area contributed by atoms with Crippen LogP contribution in [0.4, 0.5) is 10.5 Å². The average Bonchev–Trinajstić information content (AvgIpc) is 3.44. The molecule has 0 bridgehead atoms. The van der Waals surface area contributed by atoms with Gasteiger partial charge in [-0.05, 0) is 53.9 Å². The van der Waals surface area contributed by atoms with Crippen molar-refractivity contribution in [2.24, 2.45) is 0 Å². The van der Waals surface area contributed by atoms with Crippen molar-refractivity contribution < 1.29 is 33.5 Å². The monoisotopic (exact) mass is 555 g/mol. The van der Waals surface area contributed by atoms with Crippen LogP contribution in [0, 0.1) is 0 Å². The fraction of sp³-hybridized carbons (Fsp3) is 0.214. The van der Waals surface area contributed by atoms with E-state index in [1.165, 1.54) is 19.3 Å². The van der Waals surface area contributed by atoms with Gasteiger partial charge in [0.1, 0.15) is 5.75 Å². The Kier molecular flexibility index (Phi) is 10.0. The highest BCUT2D eigenvalue weighted by molar-refractivity contribution is 5.91. The lowest BCUT2D eigenvalue weighted by molar-refractivity contribution is 0.163. The van der Waals surface area contributed by atoms with Gasteiger partial charge in [0, 0.05) is 17.7 Å². The largest absolute Gasteiger partial charge is 0.508 e. The van der Waals surface area contributed by atoms with E-state index < -0.39 is 6.03 Å². The van der Waals surface area contributed by atoms with Gasteiger partial charge in [-0.2, -0.15) is 5.06 Å². The molecule has 206 valence electrons. The zero-order valence-electron chi connectivity index (χ0n) is 22.0. The van der Waals surface area contributed by atoms with Crippen molar-refractivity contribution >= 4 is 24.1 Å². The third-order valence-electron chi connectivity index (χ3n) is 5.88. The second-order valence-electron chi connectivity index (χ2n) is 8.16. The molecule has 0 aliphatic carbocycles. The third-order valence-corrected chi connectivity index (χ3v) is 5.88. The molecule has 0 unspecified atom stereocenters. The molecule has 0 aliphatic heterocycles. The number of aromatic hydroxyl groups is 1. The number of hydrogen-bond acceptors (Lipinski definition) is 8. The molecule has 4 aromatic rings. The van der Waals surface area contributed by atoms with Gasteiger partial charge in [0.15, 0.2) is 17.3 Å². The molecule has 2 amide bonds. The predicted molar refractivity (Wildman–Crippen MR) is 149 cm³/mol. The van der Waals surface area contributed by atoms with Crippen LogP contribution in [0.25, 0.3) is 22.5 Å². The Morgan fingerprint density at radius 2 is 1.64 bits per heavy atom. The van der Waals surface area contributed by atoms with Gasteiger partial charge >= 0.3 is 6.03 Å². The minimum absolute atomic E-state index is 0. The summed E-state index contributed by atoms with van der Waals surface area (Å²) in [5.74, 6) is 2.11. The van der Waals surface area contributed by atoms with Gasteiger partial charge in [0.2, 0.25) is 5.75 Å². The van der Waals surface area contributed by atoms with Crippen LogP contribution in [0.5, 0.6) is 23.0 Å². The zero-order chi connectivity index (χ0) is 27.1. The Labute approximate surface area is 232 Å². The van der Waals surface area contributed by atoms with E-state index in [-0.39, 0.29) is 18.2 Å². The molecule has 1 aromatic heterocycles. The first-order valence-corrected chi connectivity index (χ1v) is 11.7. The van der Waals surface area contributed by atoms with Gasteiger partial charge in [0.05, 0.1) is 40.3 Å². The molecule has 0 radical (unpaired) electrons. The van der Waals surface area contributed by atoms with E-state index in [2.05, 4.69) is 10.5 Å². The number of benzene rings is 3. The molecular weight excluding hydrogens is 526 g/mol. The Morgan fingerprint density at radius 1 is 0.949 bits per heavy atom. The Balaban J connectivity index is 0.00000420. The van der Waals surface area contributed by atoms with Crippen molar-refractivity contribution in [2.75, 3.05) is 40.0 Å². The molecule has 0 saturated carbocycles. The number of phenolic OH excluding ortho intramolecular Hbond substituents is 1. The Bertz CT molecular complexity index is 1370. The Hall–Kier alpha value is -4.41. The number of halogens is 1. The maximum absolute atomic E-state index is 12.9. The van der Waals surface area contributed by atoms with Crippen molar-refractivity contribution in [3.63, 3.8) is 0 Å². The minimum Gasteiger partial charge on any atom is -0.508 e. The summed E-state index contributed by atoms with van der Waals surface area (Å²) in [6.45, 7) is 0.389. The van der Waals surface area contributed by atoms with E-state index in [4.69, 9.17) is 23.6 Å². The molecule has 4 rings (SSSR count). The molecule has 2 N–H and O–H groups in total. The number of amides is 2. The summed E-state index contributed by atoms with van der Waals surface area (Å²) < 4.78 is 22.0. The fourth-order valence-corrected chi connectivity index (χ4v) is 4.02. The number of carbonyl (C=O) groups excluding carboxylic acids is 1. The molecular formula is C28H30ClN3O7. The molecule has 0 spiro atoms. The summed E-state index contributed by atoms with van der Waals surface area (Å²) in [5.41, 5.74) is 3.63. The van der Waals surface area contributed by atoms with Crippen LogP contribution in [-0.2, 0) is 11.3 Å². The van der Waals surface area contributed by atoms with Crippen LogP contribution in [0.15, 0.2) is 71.4 Å². The minimum atomic E-state index is -0.418. The zero-order valence-corrected chi connectivity index (χ0v) is 22.8. The van der Waals surface area contributed by atoms with Crippen molar-refractivity contribution in [3.05, 3.63) is 72.4 Å². The van der Waals surface area contributed by atoms with Gasteiger partial charge in [0.25, 0.3) is 0 Å². The number of anilines is 1. The van der Waals surface area contributed by atoms with E-state index in [1.807, 2.05) is 24.3 Å². The van der Waals surface area contributed by atoms with E-state index >= 15 is 0 Å². The molecule has 11 heteroatoms. The van der Waals surface area contributed by atoms with Gasteiger partial charge in [-0.1, -0.05) is 29.4 Å².